The quantitative estimate of drug-likeness (QED) is 0.141. The van der Waals surface area contributed by atoms with Gasteiger partial charge in [-0.05, 0) is 62.0 Å². The molecule has 2 fully saturated rings. The van der Waals surface area contributed by atoms with Gasteiger partial charge in [0.1, 0.15) is 17.7 Å². The maximum absolute atomic E-state index is 14.3. The van der Waals surface area contributed by atoms with E-state index in [1.54, 1.807) is 6.92 Å². The zero-order chi connectivity index (χ0) is 37.0. The zero-order valence-electron chi connectivity index (χ0n) is 30.8. The third-order valence-corrected chi connectivity index (χ3v) is 9.44. The molecule has 5 atom stereocenters. The van der Waals surface area contributed by atoms with Crippen LogP contribution in [0, 0.1) is 17.8 Å². The van der Waals surface area contributed by atoms with Gasteiger partial charge in [-0.15, -0.1) is 0 Å². The second-order valence-corrected chi connectivity index (χ2v) is 14.9. The van der Waals surface area contributed by atoms with E-state index >= 15 is 0 Å². The van der Waals surface area contributed by atoms with Gasteiger partial charge in [0.05, 0.1) is 38.3 Å². The molecular formula is C40H56N4O7. The predicted molar refractivity (Wildman–Crippen MR) is 195 cm³/mol. The number of nitrogens with one attached hydrogen (secondary N) is 3. The number of benzene rings is 2. The minimum atomic E-state index is -1.01. The largest absolute Gasteiger partial charge is 0.379 e. The Morgan fingerprint density at radius 1 is 0.745 bits per heavy atom. The van der Waals surface area contributed by atoms with Crippen molar-refractivity contribution >= 4 is 29.3 Å². The van der Waals surface area contributed by atoms with Crippen molar-refractivity contribution < 1.29 is 33.4 Å². The lowest BCUT2D eigenvalue weighted by Gasteiger charge is -2.29. The number of epoxide rings is 1. The Labute approximate surface area is 302 Å². The molecule has 5 unspecified atom stereocenters. The second kappa shape index (κ2) is 19.1. The molecule has 278 valence electrons. The van der Waals surface area contributed by atoms with Gasteiger partial charge in [0.2, 0.25) is 17.7 Å². The molecule has 2 aromatic rings. The van der Waals surface area contributed by atoms with E-state index in [1.165, 1.54) is 0 Å². The van der Waals surface area contributed by atoms with Crippen LogP contribution in [0.5, 0.6) is 0 Å². The Morgan fingerprint density at radius 3 is 1.86 bits per heavy atom. The molecule has 11 nitrogen and oxygen atoms in total. The van der Waals surface area contributed by atoms with Crippen molar-refractivity contribution in [2.75, 3.05) is 39.5 Å². The van der Waals surface area contributed by atoms with Gasteiger partial charge in [-0.2, -0.15) is 0 Å². The Bertz CT molecular complexity index is 1460. The van der Waals surface area contributed by atoms with Crippen LogP contribution >= 0.6 is 0 Å². The molecule has 0 bridgehead atoms. The molecule has 3 amide bonds. The molecule has 0 spiro atoms. The van der Waals surface area contributed by atoms with Crippen LogP contribution in [0.15, 0.2) is 60.7 Å². The number of ketones is 2. The first-order valence-electron chi connectivity index (χ1n) is 18.3. The summed E-state index contributed by atoms with van der Waals surface area (Å²) in [5.41, 5.74) is 0.854. The summed E-state index contributed by atoms with van der Waals surface area (Å²) < 4.78 is 10.8. The topological polar surface area (TPSA) is 146 Å². The molecule has 3 N–H and O–H groups in total. The van der Waals surface area contributed by atoms with E-state index in [-0.39, 0.29) is 48.9 Å². The number of hydrogen-bond donors (Lipinski definition) is 3. The summed E-state index contributed by atoms with van der Waals surface area (Å²) >= 11 is 0. The number of morpholine rings is 1. The van der Waals surface area contributed by atoms with Crippen LogP contribution in [0.1, 0.15) is 65.0 Å². The first-order valence-corrected chi connectivity index (χ1v) is 18.3. The van der Waals surface area contributed by atoms with Gasteiger partial charge in [-0.3, -0.25) is 28.9 Å². The van der Waals surface area contributed by atoms with Crippen molar-refractivity contribution in [2.45, 2.75) is 90.4 Å². The highest BCUT2D eigenvalue weighted by atomic mass is 16.6. The lowest BCUT2D eigenvalue weighted by atomic mass is 9.81. The van der Waals surface area contributed by atoms with E-state index in [4.69, 9.17) is 9.47 Å². The van der Waals surface area contributed by atoms with Crippen molar-refractivity contribution in [3.63, 3.8) is 0 Å². The number of rotatable bonds is 20. The van der Waals surface area contributed by atoms with Gasteiger partial charge in [0.25, 0.3) is 0 Å². The van der Waals surface area contributed by atoms with Gasteiger partial charge in [-0.25, -0.2) is 0 Å². The highest BCUT2D eigenvalue weighted by Crippen LogP contribution is 2.33. The minimum Gasteiger partial charge on any atom is -0.379 e. The predicted octanol–water partition coefficient (Wildman–Crippen LogP) is 3.28. The smallest absolute Gasteiger partial charge is 0.243 e. The van der Waals surface area contributed by atoms with Crippen molar-refractivity contribution in [1.29, 1.82) is 0 Å². The number of ether oxygens (including phenoxy) is 2. The van der Waals surface area contributed by atoms with E-state index < -0.39 is 41.5 Å². The summed E-state index contributed by atoms with van der Waals surface area (Å²) in [4.78, 5) is 71.1. The SMILES string of the molecule is CC(C)CC(NC(=O)C(CCc1ccccc1)NC(=O)CN1CCOCC1)C(=O)NC(Cc1ccccc1)C(=O)C(CC(C)C)C(=O)C1(C)CO1. The van der Waals surface area contributed by atoms with Crippen molar-refractivity contribution in [2.24, 2.45) is 17.8 Å². The fraction of sp³-hybridized carbons (Fsp3) is 0.575. The summed E-state index contributed by atoms with van der Waals surface area (Å²) in [6.45, 7) is 12.3. The van der Waals surface area contributed by atoms with Crippen LogP contribution in [-0.4, -0.2) is 97.4 Å². The molecule has 2 aliphatic rings. The van der Waals surface area contributed by atoms with Crippen molar-refractivity contribution in [3.05, 3.63) is 71.8 Å². The van der Waals surface area contributed by atoms with Gasteiger partial charge in [0, 0.05) is 13.1 Å². The van der Waals surface area contributed by atoms with Crippen molar-refractivity contribution in [1.82, 2.24) is 20.9 Å². The van der Waals surface area contributed by atoms with Crippen molar-refractivity contribution in [3.8, 4) is 0 Å². The summed E-state index contributed by atoms with van der Waals surface area (Å²) in [7, 11) is 0. The normalized spacial score (nSPS) is 19.8. The van der Waals surface area contributed by atoms with Gasteiger partial charge in [-0.1, -0.05) is 88.4 Å². The number of carbonyl (C=O) groups excluding carboxylic acids is 5. The van der Waals surface area contributed by atoms with E-state index in [2.05, 4.69) is 16.0 Å². The lowest BCUT2D eigenvalue weighted by molar-refractivity contribution is -0.139. The molecule has 0 saturated carbocycles. The number of hydrogen-bond acceptors (Lipinski definition) is 8. The molecule has 2 saturated heterocycles. The Balaban J connectivity index is 1.54. The van der Waals surface area contributed by atoms with Crippen LogP contribution in [0.3, 0.4) is 0 Å². The molecule has 2 aliphatic heterocycles. The van der Waals surface area contributed by atoms with E-state index in [0.717, 1.165) is 11.1 Å². The fourth-order valence-corrected chi connectivity index (χ4v) is 6.43. The van der Waals surface area contributed by atoms with E-state index in [9.17, 15) is 24.0 Å². The summed E-state index contributed by atoms with van der Waals surface area (Å²) in [5.74, 6) is -2.78. The molecule has 0 aliphatic carbocycles. The fourth-order valence-electron chi connectivity index (χ4n) is 6.43. The van der Waals surface area contributed by atoms with Crippen LogP contribution in [-0.2, 0) is 46.3 Å². The average molecular weight is 705 g/mol. The third kappa shape index (κ3) is 12.7. The van der Waals surface area contributed by atoms with Crippen LogP contribution < -0.4 is 16.0 Å². The Kier molecular flexibility index (Phi) is 14.9. The minimum absolute atomic E-state index is 0.0187. The number of carbonyl (C=O) groups is 5. The summed E-state index contributed by atoms with van der Waals surface area (Å²) in [5, 5.41) is 8.79. The maximum atomic E-state index is 14.3. The lowest BCUT2D eigenvalue weighted by Crippen LogP contribution is -2.58. The zero-order valence-corrected chi connectivity index (χ0v) is 30.8. The first kappa shape index (κ1) is 39.8. The maximum Gasteiger partial charge on any atom is 0.243 e. The molecule has 11 heteroatoms. The molecule has 51 heavy (non-hydrogen) atoms. The summed E-state index contributed by atoms with van der Waals surface area (Å²) in [6, 6.07) is 16.2. The highest BCUT2D eigenvalue weighted by Gasteiger charge is 2.52. The highest BCUT2D eigenvalue weighted by molar-refractivity contribution is 6.09. The second-order valence-electron chi connectivity index (χ2n) is 14.9. The molecule has 2 aromatic carbocycles. The molecule has 2 heterocycles. The van der Waals surface area contributed by atoms with Crippen LogP contribution in [0.25, 0.3) is 0 Å². The number of amides is 3. The Hall–Kier alpha value is -3.93. The summed E-state index contributed by atoms with van der Waals surface area (Å²) in [6.07, 6.45) is 1.69. The first-order chi connectivity index (χ1) is 24.3. The Morgan fingerprint density at radius 2 is 1.29 bits per heavy atom. The molecule has 4 rings (SSSR count). The average Bonchev–Trinajstić information content (AvgIpc) is 3.87. The molecule has 0 aromatic heterocycles. The number of nitrogens with zero attached hydrogens (tertiary/aromatic N) is 1. The van der Waals surface area contributed by atoms with Crippen LogP contribution in [0.2, 0.25) is 0 Å². The third-order valence-electron chi connectivity index (χ3n) is 9.44. The van der Waals surface area contributed by atoms with Crippen LogP contribution in [0.4, 0.5) is 0 Å². The molecular weight excluding hydrogens is 648 g/mol. The van der Waals surface area contributed by atoms with Gasteiger partial charge in [0.15, 0.2) is 11.6 Å². The monoisotopic (exact) mass is 704 g/mol. The van der Waals surface area contributed by atoms with Gasteiger partial charge >= 0.3 is 0 Å². The number of Topliss-reactive ketones (excluding diaryl/α,β-unsaturated/α-hetero) is 2. The molecule has 0 radical (unpaired) electrons. The van der Waals surface area contributed by atoms with E-state index in [1.807, 2.05) is 93.3 Å². The standard InChI is InChI=1S/C40H56N4O7/c1-27(2)22-31(37(47)40(5)26-51-40)36(46)33(24-30-14-10-7-11-15-30)42-39(49)34(23-28(3)4)43-38(48)32(17-16-29-12-8-6-9-13-29)41-35(45)25-44-18-20-50-21-19-44/h6-15,27-28,31-34H,16-26H2,1-5H3,(H,41,45)(H,42,49)(H,43,48). The van der Waals surface area contributed by atoms with Gasteiger partial charge < -0.3 is 25.4 Å². The number of aryl methyl sites for hydroxylation is 1. The van der Waals surface area contributed by atoms with E-state index in [0.29, 0.717) is 52.0 Å².